The summed E-state index contributed by atoms with van der Waals surface area (Å²) >= 11 is 0. The zero-order valence-corrected chi connectivity index (χ0v) is 34.6. The van der Waals surface area contributed by atoms with Gasteiger partial charge in [-0.05, 0) is 57.1 Å². The molecule has 0 radical (unpaired) electrons. The van der Waals surface area contributed by atoms with Crippen molar-refractivity contribution in [2.45, 2.75) is 5.41 Å². The van der Waals surface area contributed by atoms with Crippen molar-refractivity contribution >= 4 is 5.69 Å². The second-order valence-corrected chi connectivity index (χ2v) is 15.8. The van der Waals surface area contributed by atoms with Crippen molar-refractivity contribution in [3.8, 4) is 79.0 Å². The highest BCUT2D eigenvalue weighted by Gasteiger charge is 2.45. The van der Waals surface area contributed by atoms with Crippen LogP contribution >= 0.6 is 0 Å². The number of benzene rings is 9. The first-order valence-electron chi connectivity index (χ1n) is 21.3. The molecule has 5 heteroatoms. The Labute approximate surface area is 372 Å². The lowest BCUT2D eigenvalue weighted by Gasteiger charge is -2.42. The molecule has 0 aliphatic carbocycles. The third kappa shape index (κ3) is 6.71. The molecular weight excluding hydrogens is 781 g/mol. The molecule has 0 bridgehead atoms. The molecule has 0 fully saturated rings. The van der Waals surface area contributed by atoms with Crippen molar-refractivity contribution < 1.29 is 4.74 Å². The fourth-order valence-corrected chi connectivity index (χ4v) is 9.12. The first kappa shape index (κ1) is 38.2. The van der Waals surface area contributed by atoms with E-state index in [2.05, 4.69) is 150 Å². The summed E-state index contributed by atoms with van der Waals surface area (Å²) in [5.74, 6) is 3.42. The third-order valence-corrected chi connectivity index (χ3v) is 12.1. The largest absolute Gasteiger partial charge is 0.456 e. The Kier molecular flexibility index (Phi) is 9.72. The summed E-state index contributed by atoms with van der Waals surface area (Å²) in [5, 5.41) is 0. The van der Waals surface area contributed by atoms with Crippen LogP contribution in [0.4, 0.5) is 5.69 Å². The van der Waals surface area contributed by atoms with Gasteiger partial charge in [0.1, 0.15) is 11.5 Å². The van der Waals surface area contributed by atoms with Crippen LogP contribution in [-0.4, -0.2) is 15.0 Å². The lowest BCUT2D eigenvalue weighted by atomic mass is 9.63. The molecule has 11 rings (SSSR count). The maximum atomic E-state index is 7.66. The summed E-state index contributed by atoms with van der Waals surface area (Å²) in [7, 11) is 0. The van der Waals surface area contributed by atoms with Crippen LogP contribution in [0.15, 0.2) is 231 Å². The summed E-state index contributed by atoms with van der Waals surface area (Å²) in [4.78, 5) is 18.8. The number of aromatic nitrogens is 3. The van der Waals surface area contributed by atoms with E-state index in [0.29, 0.717) is 23.2 Å². The number of ether oxygens (including phenoxy) is 1. The topological polar surface area (TPSA) is 52.3 Å². The molecule has 1 aliphatic heterocycles. The van der Waals surface area contributed by atoms with Crippen LogP contribution in [0.5, 0.6) is 11.5 Å². The summed E-state index contributed by atoms with van der Waals surface area (Å²) in [6, 6.07) is 79.3. The van der Waals surface area contributed by atoms with Crippen molar-refractivity contribution in [2.75, 3.05) is 0 Å². The number of hydrogen-bond donors (Lipinski definition) is 0. The van der Waals surface area contributed by atoms with Gasteiger partial charge in [0.05, 0.1) is 12.0 Å². The monoisotopic (exact) mass is 818 g/mol. The van der Waals surface area contributed by atoms with Crippen LogP contribution in [0, 0.1) is 6.57 Å². The van der Waals surface area contributed by atoms with Crippen LogP contribution in [0.2, 0.25) is 0 Å². The Balaban J connectivity index is 1.00. The molecule has 1 aromatic heterocycles. The van der Waals surface area contributed by atoms with Crippen LogP contribution in [0.25, 0.3) is 72.4 Å². The predicted octanol–water partition coefficient (Wildman–Crippen LogP) is 14.9. The zero-order valence-electron chi connectivity index (χ0n) is 34.6. The number of hydrogen-bond acceptors (Lipinski definition) is 4. The highest BCUT2D eigenvalue weighted by molar-refractivity contribution is 5.83. The molecule has 2 heterocycles. The summed E-state index contributed by atoms with van der Waals surface area (Å²) in [5.41, 5.74) is 13.2. The smallest absolute Gasteiger partial charge is 0.194 e. The molecule has 0 saturated carbocycles. The van der Waals surface area contributed by atoms with Crippen LogP contribution < -0.4 is 4.74 Å². The van der Waals surface area contributed by atoms with Gasteiger partial charge in [-0.3, -0.25) is 0 Å². The molecule has 0 amide bonds. The Morgan fingerprint density at radius 1 is 0.359 bits per heavy atom. The van der Waals surface area contributed by atoms with Gasteiger partial charge in [0.15, 0.2) is 23.2 Å². The van der Waals surface area contributed by atoms with E-state index in [1.807, 2.05) is 84.9 Å². The highest BCUT2D eigenvalue weighted by Crippen LogP contribution is 2.57. The number of rotatable bonds is 8. The van der Waals surface area contributed by atoms with E-state index in [-0.39, 0.29) is 0 Å². The quantitative estimate of drug-likeness (QED) is 0.143. The average Bonchev–Trinajstić information content (AvgIpc) is 3.38. The molecule has 0 saturated heterocycles. The second kappa shape index (κ2) is 16.3. The molecule has 64 heavy (non-hydrogen) atoms. The summed E-state index contributed by atoms with van der Waals surface area (Å²) < 4.78 is 6.98. The van der Waals surface area contributed by atoms with Gasteiger partial charge < -0.3 is 4.74 Å². The lowest BCUT2D eigenvalue weighted by molar-refractivity contribution is 0.436. The van der Waals surface area contributed by atoms with Gasteiger partial charge in [-0.2, -0.15) is 0 Å². The molecule has 300 valence electrons. The third-order valence-electron chi connectivity index (χ3n) is 12.1. The first-order chi connectivity index (χ1) is 31.7. The van der Waals surface area contributed by atoms with Crippen molar-refractivity contribution in [1.82, 2.24) is 15.0 Å². The van der Waals surface area contributed by atoms with E-state index >= 15 is 0 Å². The van der Waals surface area contributed by atoms with E-state index in [1.165, 1.54) is 11.1 Å². The molecule has 0 N–H and O–H groups in total. The molecule has 10 aromatic rings. The lowest BCUT2D eigenvalue weighted by Crippen LogP contribution is -2.34. The van der Waals surface area contributed by atoms with Gasteiger partial charge in [-0.25, -0.2) is 19.8 Å². The maximum absolute atomic E-state index is 7.66. The predicted molar refractivity (Wildman–Crippen MR) is 257 cm³/mol. The van der Waals surface area contributed by atoms with E-state index in [9.17, 15) is 0 Å². The van der Waals surface area contributed by atoms with E-state index in [1.54, 1.807) is 0 Å². The number of para-hydroxylation sites is 3. The highest BCUT2D eigenvalue weighted by atomic mass is 16.5. The van der Waals surface area contributed by atoms with Crippen LogP contribution in [-0.2, 0) is 5.41 Å². The van der Waals surface area contributed by atoms with Crippen molar-refractivity contribution in [2.24, 2.45) is 0 Å². The van der Waals surface area contributed by atoms with Crippen LogP contribution in [0.3, 0.4) is 0 Å². The van der Waals surface area contributed by atoms with E-state index in [0.717, 1.165) is 72.7 Å². The molecular formula is C59H38N4O. The first-order valence-corrected chi connectivity index (χ1v) is 21.3. The standard InChI is InChI=1S/C59H38N4O/c1-60-53-32-13-11-28-49(53)40-34-36-42(37-35-40)57-61-56(41-18-5-2-6-19-41)62-58(63-57)46-23-16-21-44(39-46)43-20-15-22-45(38-43)50-29-17-31-52-55(50)64-54-33-14-12-30-51(54)59(52,47-24-7-3-8-25-47)48-26-9-4-10-27-48/h2-39H. The van der Waals surface area contributed by atoms with Gasteiger partial charge >= 0.3 is 0 Å². The Bertz CT molecular complexity index is 3320. The maximum Gasteiger partial charge on any atom is 0.194 e. The van der Waals surface area contributed by atoms with E-state index < -0.39 is 5.41 Å². The van der Waals surface area contributed by atoms with Crippen molar-refractivity contribution in [1.29, 1.82) is 0 Å². The average molecular weight is 819 g/mol. The van der Waals surface area contributed by atoms with Gasteiger partial charge in [0, 0.05) is 33.4 Å². The van der Waals surface area contributed by atoms with Gasteiger partial charge in [-0.1, -0.05) is 212 Å². The second-order valence-electron chi connectivity index (χ2n) is 15.8. The molecule has 0 atom stereocenters. The number of fused-ring (bicyclic) bond motifs is 2. The summed E-state index contributed by atoms with van der Waals surface area (Å²) in [6.07, 6.45) is 0. The van der Waals surface area contributed by atoms with Gasteiger partial charge in [-0.15, -0.1) is 0 Å². The fraction of sp³-hybridized carbons (Fsp3) is 0.0169. The Morgan fingerprint density at radius 2 is 0.812 bits per heavy atom. The normalized spacial score (nSPS) is 12.3. The molecule has 5 nitrogen and oxygen atoms in total. The van der Waals surface area contributed by atoms with E-state index in [4.69, 9.17) is 26.3 Å². The minimum absolute atomic E-state index is 0.568. The van der Waals surface area contributed by atoms with Gasteiger partial charge in [0.2, 0.25) is 0 Å². The minimum atomic E-state index is -0.609. The molecule has 1 aliphatic rings. The molecule has 9 aromatic carbocycles. The summed E-state index contributed by atoms with van der Waals surface area (Å²) in [6.45, 7) is 7.66. The SMILES string of the molecule is [C-]#[N+]c1ccccc1-c1ccc(-c2nc(-c3ccccc3)nc(-c3cccc(-c4cccc(-c5cccc6c5Oc5ccccc5C6(c5ccccc5)c5ccccc5)c4)c3)n2)cc1. The molecule has 0 spiro atoms. The Hall–Kier alpha value is -8.72. The minimum Gasteiger partial charge on any atom is -0.456 e. The van der Waals surface area contributed by atoms with Crippen LogP contribution in [0.1, 0.15) is 22.3 Å². The van der Waals surface area contributed by atoms with Crippen molar-refractivity contribution in [3.63, 3.8) is 0 Å². The zero-order chi connectivity index (χ0) is 42.9. The fourth-order valence-electron chi connectivity index (χ4n) is 9.12. The number of nitrogens with zero attached hydrogens (tertiary/aromatic N) is 4. The van der Waals surface area contributed by atoms with Gasteiger partial charge in [0.25, 0.3) is 0 Å². The van der Waals surface area contributed by atoms with Crippen molar-refractivity contribution in [3.05, 3.63) is 264 Å². The molecule has 0 unspecified atom stereocenters. The Morgan fingerprint density at radius 3 is 1.48 bits per heavy atom.